The molecule has 9 nitrogen and oxygen atoms in total. The molecule has 3 heterocycles. The molecule has 3 aromatic heterocycles. The van der Waals surface area contributed by atoms with Crippen molar-refractivity contribution in [3.8, 4) is 6.07 Å². The summed E-state index contributed by atoms with van der Waals surface area (Å²) in [6, 6.07) is 14.5. The number of aryl methyl sites for hydroxylation is 1. The third-order valence-electron chi connectivity index (χ3n) is 8.77. The molecule has 4 aromatic rings. The Balaban J connectivity index is 1.24. The van der Waals surface area contributed by atoms with Gasteiger partial charge in [0.2, 0.25) is 0 Å². The number of nitriles is 1. The van der Waals surface area contributed by atoms with Crippen LogP contribution >= 0.6 is 0 Å². The van der Waals surface area contributed by atoms with Crippen molar-refractivity contribution in [3.05, 3.63) is 71.6 Å². The molecule has 1 aromatic carbocycles. The summed E-state index contributed by atoms with van der Waals surface area (Å²) in [5.74, 6) is 1.69. The van der Waals surface area contributed by atoms with E-state index in [0.29, 0.717) is 36.3 Å². The van der Waals surface area contributed by atoms with Crippen LogP contribution in [-0.2, 0) is 19.0 Å². The molecule has 1 amide bonds. The number of carbonyl (C=O) groups excluding carboxylic acids is 1. The SMILES string of the molecule is C[C@H](NCc1cc(C(=O)Nc2cccc(C3(c4nncn4C)CC(CC#N)C3)c2)nc2cc[nH]c12)C1CCC1. The van der Waals surface area contributed by atoms with Gasteiger partial charge in [-0.15, -0.1) is 10.2 Å². The van der Waals surface area contributed by atoms with E-state index >= 15 is 0 Å². The third kappa shape index (κ3) is 4.70. The summed E-state index contributed by atoms with van der Waals surface area (Å²) in [5.41, 5.74) is 4.61. The fourth-order valence-electron chi connectivity index (χ4n) is 6.30. The van der Waals surface area contributed by atoms with Gasteiger partial charge in [0.25, 0.3) is 5.91 Å². The van der Waals surface area contributed by atoms with Gasteiger partial charge in [-0.3, -0.25) is 4.79 Å². The predicted octanol–water partition coefficient (Wildman–Crippen LogP) is 4.83. The van der Waals surface area contributed by atoms with Gasteiger partial charge in [-0.1, -0.05) is 18.6 Å². The fourth-order valence-corrected chi connectivity index (χ4v) is 6.30. The average molecular weight is 523 g/mol. The summed E-state index contributed by atoms with van der Waals surface area (Å²) in [6.07, 6.45) is 9.64. The number of amides is 1. The van der Waals surface area contributed by atoms with Gasteiger partial charge in [0.15, 0.2) is 0 Å². The number of anilines is 1. The van der Waals surface area contributed by atoms with Crippen molar-refractivity contribution < 1.29 is 4.79 Å². The molecule has 0 spiro atoms. The highest BCUT2D eigenvalue weighted by molar-refractivity contribution is 6.04. The lowest BCUT2D eigenvalue weighted by atomic mass is 9.57. The van der Waals surface area contributed by atoms with Crippen molar-refractivity contribution in [2.45, 2.75) is 63.5 Å². The first-order valence-electron chi connectivity index (χ1n) is 13.8. The number of carbonyl (C=O) groups is 1. The lowest BCUT2D eigenvalue weighted by Gasteiger charge is -2.46. The molecule has 0 saturated heterocycles. The van der Waals surface area contributed by atoms with Gasteiger partial charge in [-0.05, 0) is 79.8 Å². The smallest absolute Gasteiger partial charge is 0.274 e. The summed E-state index contributed by atoms with van der Waals surface area (Å²) in [4.78, 5) is 21.4. The van der Waals surface area contributed by atoms with E-state index in [0.717, 1.165) is 46.7 Å². The molecular weight excluding hydrogens is 488 g/mol. The molecule has 2 saturated carbocycles. The number of nitrogens with zero attached hydrogens (tertiary/aromatic N) is 5. The van der Waals surface area contributed by atoms with Gasteiger partial charge in [0.1, 0.15) is 17.8 Å². The van der Waals surface area contributed by atoms with Crippen LogP contribution < -0.4 is 10.6 Å². The summed E-state index contributed by atoms with van der Waals surface area (Å²) in [7, 11) is 1.95. The Morgan fingerprint density at radius 3 is 2.85 bits per heavy atom. The molecule has 1 atom stereocenters. The van der Waals surface area contributed by atoms with Crippen molar-refractivity contribution in [2.24, 2.45) is 18.9 Å². The largest absolute Gasteiger partial charge is 0.360 e. The van der Waals surface area contributed by atoms with Gasteiger partial charge in [0.05, 0.1) is 22.5 Å². The Kier molecular flexibility index (Phi) is 6.65. The lowest BCUT2D eigenvalue weighted by molar-refractivity contribution is 0.102. The van der Waals surface area contributed by atoms with Gasteiger partial charge >= 0.3 is 0 Å². The monoisotopic (exact) mass is 522 g/mol. The van der Waals surface area contributed by atoms with Gasteiger partial charge < -0.3 is 20.2 Å². The van der Waals surface area contributed by atoms with Crippen LogP contribution in [0, 0.1) is 23.2 Å². The molecule has 0 radical (unpaired) electrons. The maximum atomic E-state index is 13.4. The summed E-state index contributed by atoms with van der Waals surface area (Å²) < 4.78 is 1.95. The van der Waals surface area contributed by atoms with E-state index in [1.807, 2.05) is 48.1 Å². The average Bonchev–Trinajstić information content (AvgIpc) is 3.52. The Hall–Kier alpha value is -4.03. The highest BCUT2D eigenvalue weighted by Crippen LogP contribution is 2.53. The number of H-pyrrole nitrogens is 1. The molecule has 0 bridgehead atoms. The number of rotatable bonds is 9. The normalized spacial score (nSPS) is 21.6. The zero-order valence-electron chi connectivity index (χ0n) is 22.4. The molecule has 3 N–H and O–H groups in total. The van der Waals surface area contributed by atoms with E-state index in [4.69, 9.17) is 0 Å². The number of aromatic amines is 1. The minimum Gasteiger partial charge on any atom is -0.360 e. The van der Waals surface area contributed by atoms with Crippen molar-refractivity contribution in [1.82, 2.24) is 30.0 Å². The zero-order chi connectivity index (χ0) is 27.0. The zero-order valence-corrected chi connectivity index (χ0v) is 22.4. The molecule has 2 aliphatic rings. The van der Waals surface area contributed by atoms with Crippen LogP contribution in [0.4, 0.5) is 5.69 Å². The standard InChI is InChI=1S/C30H34N8O/c1-19(21-5-3-6-21)33-17-22-13-26(36-25-10-12-32-27(22)25)28(39)35-24-8-4-7-23(14-24)30(15-20(16-30)9-11-31)29-37-34-18-38(29)2/h4,7-8,10,12-14,18-21,32-33H,3,5-6,9,15-17H2,1-2H3,(H,35,39)/t19-,20?,30?/m0/s1. The molecule has 2 fully saturated rings. The van der Waals surface area contributed by atoms with E-state index < -0.39 is 0 Å². The number of hydrogen-bond donors (Lipinski definition) is 3. The molecule has 9 heteroatoms. The minimum atomic E-state index is -0.328. The molecule has 0 aliphatic heterocycles. The number of aromatic nitrogens is 5. The number of hydrogen-bond acceptors (Lipinski definition) is 6. The maximum Gasteiger partial charge on any atom is 0.274 e. The molecule has 200 valence electrons. The number of fused-ring (bicyclic) bond motifs is 1. The van der Waals surface area contributed by atoms with Gasteiger partial charge in [-0.2, -0.15) is 5.26 Å². The van der Waals surface area contributed by atoms with Crippen LogP contribution in [0.5, 0.6) is 0 Å². The van der Waals surface area contributed by atoms with Crippen molar-refractivity contribution in [2.75, 3.05) is 5.32 Å². The minimum absolute atomic E-state index is 0.243. The van der Waals surface area contributed by atoms with Gasteiger partial charge in [0, 0.05) is 37.9 Å². The first kappa shape index (κ1) is 25.3. The second-order valence-electron chi connectivity index (χ2n) is 11.3. The molecular formula is C30H34N8O. The lowest BCUT2D eigenvalue weighted by Crippen LogP contribution is -2.44. The molecule has 0 unspecified atom stereocenters. The Morgan fingerprint density at radius 1 is 1.28 bits per heavy atom. The van der Waals surface area contributed by atoms with E-state index in [-0.39, 0.29) is 11.3 Å². The second-order valence-corrected chi connectivity index (χ2v) is 11.3. The quantitative estimate of drug-likeness (QED) is 0.289. The van der Waals surface area contributed by atoms with Crippen LogP contribution in [0.15, 0.2) is 48.9 Å². The first-order valence-corrected chi connectivity index (χ1v) is 13.8. The Morgan fingerprint density at radius 2 is 2.13 bits per heavy atom. The predicted molar refractivity (Wildman–Crippen MR) is 149 cm³/mol. The second kappa shape index (κ2) is 10.3. The third-order valence-corrected chi connectivity index (χ3v) is 8.77. The van der Waals surface area contributed by atoms with Crippen LogP contribution in [0.3, 0.4) is 0 Å². The van der Waals surface area contributed by atoms with E-state index in [2.05, 4.69) is 49.9 Å². The Bertz CT molecular complexity index is 1540. The summed E-state index contributed by atoms with van der Waals surface area (Å²) in [5, 5.41) is 24.5. The highest BCUT2D eigenvalue weighted by Gasteiger charge is 2.49. The number of nitrogens with one attached hydrogen (secondary N) is 3. The first-order chi connectivity index (χ1) is 19.0. The number of benzene rings is 1. The van der Waals surface area contributed by atoms with E-state index in [1.165, 1.54) is 19.3 Å². The highest BCUT2D eigenvalue weighted by atomic mass is 16.1. The molecule has 39 heavy (non-hydrogen) atoms. The Labute approximate surface area is 228 Å². The van der Waals surface area contributed by atoms with Crippen molar-refractivity contribution >= 4 is 22.6 Å². The number of pyridine rings is 1. The maximum absolute atomic E-state index is 13.4. The van der Waals surface area contributed by atoms with Crippen LogP contribution in [0.25, 0.3) is 11.0 Å². The van der Waals surface area contributed by atoms with Crippen molar-refractivity contribution in [3.63, 3.8) is 0 Å². The van der Waals surface area contributed by atoms with Crippen LogP contribution in [0.1, 0.15) is 72.9 Å². The fraction of sp³-hybridized carbons (Fsp3) is 0.433. The van der Waals surface area contributed by atoms with E-state index in [1.54, 1.807) is 6.33 Å². The topological polar surface area (TPSA) is 124 Å². The summed E-state index contributed by atoms with van der Waals surface area (Å²) in [6.45, 7) is 2.92. The van der Waals surface area contributed by atoms with Gasteiger partial charge in [-0.25, -0.2) is 4.98 Å². The van der Waals surface area contributed by atoms with Crippen LogP contribution in [-0.4, -0.2) is 36.7 Å². The van der Waals surface area contributed by atoms with E-state index in [9.17, 15) is 10.1 Å². The summed E-state index contributed by atoms with van der Waals surface area (Å²) >= 11 is 0. The van der Waals surface area contributed by atoms with Crippen molar-refractivity contribution in [1.29, 1.82) is 5.26 Å². The van der Waals surface area contributed by atoms with Crippen LogP contribution in [0.2, 0.25) is 0 Å². The molecule has 2 aliphatic carbocycles. The molecule has 6 rings (SSSR count).